The molecule has 0 aliphatic heterocycles. The van der Waals surface area contributed by atoms with E-state index in [1.807, 2.05) is 13.0 Å². The van der Waals surface area contributed by atoms with Gasteiger partial charge in [0.2, 0.25) is 0 Å². The van der Waals surface area contributed by atoms with Crippen LogP contribution in [0.15, 0.2) is 30.6 Å². The molecule has 6 rings (SSSR count). The van der Waals surface area contributed by atoms with Crippen LogP contribution in [0.1, 0.15) is 62.1 Å². The molecule has 4 aliphatic carbocycles. The maximum absolute atomic E-state index is 11.5. The van der Waals surface area contributed by atoms with Gasteiger partial charge >= 0.3 is 5.97 Å². The van der Waals surface area contributed by atoms with E-state index in [1.165, 1.54) is 44.6 Å². The summed E-state index contributed by atoms with van der Waals surface area (Å²) in [5.41, 5.74) is 3.91. The number of aryl methyl sites for hydroxylation is 1. The highest BCUT2D eigenvalue weighted by Crippen LogP contribution is 2.62. The number of benzene rings is 1. The lowest BCUT2D eigenvalue weighted by Crippen LogP contribution is -2.48. The Morgan fingerprint density at radius 1 is 1.13 bits per heavy atom. The van der Waals surface area contributed by atoms with Crippen molar-refractivity contribution < 1.29 is 14.6 Å². The molecule has 1 aromatic carbocycles. The Kier molecular flexibility index (Phi) is 5.07. The molecule has 0 saturated heterocycles. The molecule has 4 fully saturated rings. The zero-order valence-corrected chi connectivity index (χ0v) is 18.3. The second kappa shape index (κ2) is 7.77. The lowest BCUT2D eigenvalue weighted by atomic mass is 9.48. The van der Waals surface area contributed by atoms with Crippen LogP contribution in [0.2, 0.25) is 0 Å². The Labute approximate surface area is 183 Å². The number of carbonyl (C=O) groups excluding carboxylic acids is 1. The molecule has 5 heteroatoms. The first-order valence-corrected chi connectivity index (χ1v) is 11.5. The van der Waals surface area contributed by atoms with Crippen LogP contribution in [0, 0.1) is 24.7 Å². The summed E-state index contributed by atoms with van der Waals surface area (Å²) < 4.78 is 4.91. The van der Waals surface area contributed by atoms with E-state index in [0.717, 1.165) is 40.0 Å². The van der Waals surface area contributed by atoms with E-state index in [1.54, 1.807) is 25.4 Å². The minimum Gasteiger partial charge on any atom is -0.508 e. The van der Waals surface area contributed by atoms with E-state index in [2.05, 4.69) is 16.0 Å². The van der Waals surface area contributed by atoms with Crippen molar-refractivity contribution in [3.63, 3.8) is 0 Å². The molecule has 1 N–H and O–H groups in total. The fraction of sp³-hybridized carbons (Fsp3) is 0.500. The van der Waals surface area contributed by atoms with Crippen LogP contribution in [0.3, 0.4) is 0 Å². The third kappa shape index (κ3) is 3.75. The standard InChI is InChI=1S/C26H30N2O3/c1-3-31-24(30)5-4-17-14-27-25(28-15-17)21-10-22(23(29)6-16(21)2)26-11-18-7-19(12-26)9-20(8-18)13-26/h4-6,10,14-15,18-20,29H,3,7-9,11-13H2,1-2H3. The van der Waals surface area contributed by atoms with Crippen molar-refractivity contribution in [2.75, 3.05) is 6.61 Å². The molecule has 0 spiro atoms. The normalized spacial score (nSPS) is 28.9. The fourth-order valence-corrected chi connectivity index (χ4v) is 6.72. The average Bonchev–Trinajstić information content (AvgIpc) is 2.72. The van der Waals surface area contributed by atoms with Gasteiger partial charge in [0.1, 0.15) is 5.75 Å². The molecule has 2 aromatic rings. The first kappa shape index (κ1) is 20.2. The summed E-state index contributed by atoms with van der Waals surface area (Å²) in [5.74, 6) is 3.15. The van der Waals surface area contributed by atoms with Crippen molar-refractivity contribution in [3.8, 4) is 17.1 Å². The van der Waals surface area contributed by atoms with Gasteiger partial charge in [-0.15, -0.1) is 0 Å². The van der Waals surface area contributed by atoms with Crippen LogP contribution < -0.4 is 0 Å². The van der Waals surface area contributed by atoms with Gasteiger partial charge in [0.25, 0.3) is 0 Å². The van der Waals surface area contributed by atoms with Crippen LogP contribution in [0.25, 0.3) is 17.5 Å². The maximum atomic E-state index is 11.5. The van der Waals surface area contributed by atoms with Crippen molar-refractivity contribution in [1.29, 1.82) is 0 Å². The van der Waals surface area contributed by atoms with Gasteiger partial charge in [-0.2, -0.15) is 0 Å². The summed E-state index contributed by atoms with van der Waals surface area (Å²) in [6.07, 6.45) is 14.2. The molecular weight excluding hydrogens is 388 g/mol. The van der Waals surface area contributed by atoms with Gasteiger partial charge in [0, 0.05) is 35.2 Å². The number of ether oxygens (including phenoxy) is 1. The summed E-state index contributed by atoms with van der Waals surface area (Å²) >= 11 is 0. The van der Waals surface area contributed by atoms with Crippen molar-refractivity contribution >= 4 is 12.0 Å². The number of carbonyl (C=O) groups is 1. The zero-order valence-electron chi connectivity index (χ0n) is 18.3. The van der Waals surface area contributed by atoms with Gasteiger partial charge in [-0.25, -0.2) is 14.8 Å². The lowest BCUT2D eigenvalue weighted by Gasteiger charge is -2.57. The third-order valence-corrected chi connectivity index (χ3v) is 7.56. The molecule has 0 amide bonds. The predicted molar refractivity (Wildman–Crippen MR) is 119 cm³/mol. The number of aromatic nitrogens is 2. The van der Waals surface area contributed by atoms with E-state index in [9.17, 15) is 9.90 Å². The minimum atomic E-state index is -0.374. The monoisotopic (exact) mass is 418 g/mol. The van der Waals surface area contributed by atoms with Crippen LogP contribution in [-0.4, -0.2) is 27.7 Å². The van der Waals surface area contributed by atoms with Crippen LogP contribution in [0.5, 0.6) is 5.75 Å². The predicted octanol–water partition coefficient (Wildman–Crippen LogP) is 5.20. The Balaban J connectivity index is 1.45. The smallest absolute Gasteiger partial charge is 0.330 e. The summed E-state index contributed by atoms with van der Waals surface area (Å²) in [4.78, 5) is 20.6. The second-order valence-corrected chi connectivity index (χ2v) is 9.81. The quantitative estimate of drug-likeness (QED) is 0.534. The van der Waals surface area contributed by atoms with Gasteiger partial charge in [-0.3, -0.25) is 0 Å². The van der Waals surface area contributed by atoms with E-state index in [-0.39, 0.29) is 11.4 Å². The van der Waals surface area contributed by atoms with Gasteiger partial charge in [-0.1, -0.05) is 0 Å². The number of hydrogen-bond acceptors (Lipinski definition) is 5. The molecule has 31 heavy (non-hydrogen) atoms. The highest BCUT2D eigenvalue weighted by atomic mass is 16.5. The summed E-state index contributed by atoms with van der Waals surface area (Å²) in [7, 11) is 0. The molecule has 0 unspecified atom stereocenters. The Morgan fingerprint density at radius 2 is 1.74 bits per heavy atom. The van der Waals surface area contributed by atoms with E-state index < -0.39 is 0 Å². The van der Waals surface area contributed by atoms with E-state index in [0.29, 0.717) is 18.2 Å². The Morgan fingerprint density at radius 3 is 2.32 bits per heavy atom. The highest BCUT2D eigenvalue weighted by molar-refractivity contribution is 5.86. The van der Waals surface area contributed by atoms with Gasteiger partial charge in [0.05, 0.1) is 6.61 Å². The maximum Gasteiger partial charge on any atom is 0.330 e. The molecule has 0 radical (unpaired) electrons. The van der Waals surface area contributed by atoms with Gasteiger partial charge in [-0.05, 0) is 99.3 Å². The van der Waals surface area contributed by atoms with Gasteiger partial charge in [0.15, 0.2) is 5.82 Å². The van der Waals surface area contributed by atoms with Gasteiger partial charge < -0.3 is 9.84 Å². The number of hydrogen-bond donors (Lipinski definition) is 1. The first-order chi connectivity index (χ1) is 15.0. The SMILES string of the molecule is CCOC(=O)C=Cc1cnc(-c2cc(C34CC5CC(CC(C5)C3)C4)c(O)cc2C)nc1. The van der Waals surface area contributed by atoms with Crippen molar-refractivity contribution in [2.24, 2.45) is 17.8 Å². The first-order valence-electron chi connectivity index (χ1n) is 11.5. The number of phenolic OH excluding ortho intramolecular Hbond substituents is 1. The summed E-state index contributed by atoms with van der Waals surface area (Å²) in [6.45, 7) is 4.13. The number of aromatic hydroxyl groups is 1. The number of rotatable bonds is 5. The molecular formula is C26H30N2O3. The number of nitrogens with zero attached hydrogens (tertiary/aromatic N) is 2. The molecule has 1 aromatic heterocycles. The largest absolute Gasteiger partial charge is 0.508 e. The molecule has 4 bridgehead atoms. The van der Waals surface area contributed by atoms with E-state index in [4.69, 9.17) is 4.74 Å². The molecule has 162 valence electrons. The fourth-order valence-electron chi connectivity index (χ4n) is 6.72. The average molecular weight is 419 g/mol. The molecule has 1 heterocycles. The molecule has 5 nitrogen and oxygen atoms in total. The topological polar surface area (TPSA) is 72.3 Å². The summed E-state index contributed by atoms with van der Waals surface area (Å²) in [6, 6.07) is 4.04. The summed E-state index contributed by atoms with van der Waals surface area (Å²) in [5, 5.41) is 10.9. The van der Waals surface area contributed by atoms with Crippen LogP contribution in [0.4, 0.5) is 0 Å². The van der Waals surface area contributed by atoms with Crippen molar-refractivity contribution in [1.82, 2.24) is 9.97 Å². The highest BCUT2D eigenvalue weighted by Gasteiger charge is 2.52. The van der Waals surface area contributed by atoms with E-state index >= 15 is 0 Å². The molecule has 4 saturated carbocycles. The third-order valence-electron chi connectivity index (χ3n) is 7.56. The van der Waals surface area contributed by atoms with Crippen molar-refractivity contribution in [3.05, 3.63) is 47.3 Å². The van der Waals surface area contributed by atoms with Crippen molar-refractivity contribution in [2.45, 2.75) is 57.8 Å². The second-order valence-electron chi connectivity index (χ2n) is 9.81. The zero-order chi connectivity index (χ0) is 21.6. The lowest BCUT2D eigenvalue weighted by molar-refractivity contribution is -0.137. The molecule has 0 atom stereocenters. The Hall–Kier alpha value is -2.69. The Bertz CT molecular complexity index is 990. The van der Waals surface area contributed by atoms with Crippen LogP contribution >= 0.6 is 0 Å². The number of phenols is 1. The van der Waals surface area contributed by atoms with Crippen LogP contribution in [-0.2, 0) is 14.9 Å². The number of esters is 1. The molecule has 4 aliphatic rings. The minimum absolute atomic E-state index is 0.115.